The van der Waals surface area contributed by atoms with Crippen molar-refractivity contribution in [3.63, 3.8) is 0 Å². The van der Waals surface area contributed by atoms with Gasteiger partial charge < -0.3 is 10.2 Å². The van der Waals surface area contributed by atoms with Gasteiger partial charge in [-0.15, -0.1) is 0 Å². The SMILES string of the molecule is CCCCCCCN1C(=O)CNC(=O)C1C(C)C. The molecule has 1 aliphatic heterocycles. The summed E-state index contributed by atoms with van der Waals surface area (Å²) in [4.78, 5) is 25.5. The first-order chi connectivity index (χ1) is 8.57. The van der Waals surface area contributed by atoms with Crippen LogP contribution >= 0.6 is 0 Å². The lowest BCUT2D eigenvalue weighted by molar-refractivity contribution is -0.147. The lowest BCUT2D eigenvalue weighted by Crippen LogP contribution is -2.60. The highest BCUT2D eigenvalue weighted by Gasteiger charge is 2.35. The van der Waals surface area contributed by atoms with Gasteiger partial charge in [0.1, 0.15) is 6.04 Å². The van der Waals surface area contributed by atoms with Crippen molar-refractivity contribution in [2.45, 2.75) is 58.9 Å². The van der Waals surface area contributed by atoms with Gasteiger partial charge in [0.05, 0.1) is 6.54 Å². The quantitative estimate of drug-likeness (QED) is 0.706. The molecule has 1 fully saturated rings. The summed E-state index contributed by atoms with van der Waals surface area (Å²) < 4.78 is 0. The van der Waals surface area contributed by atoms with Crippen LogP contribution in [-0.4, -0.2) is 35.8 Å². The summed E-state index contributed by atoms with van der Waals surface area (Å²) in [5.41, 5.74) is 0. The Hall–Kier alpha value is -1.06. The highest BCUT2D eigenvalue weighted by Crippen LogP contribution is 2.16. The van der Waals surface area contributed by atoms with Crippen LogP contribution in [0.15, 0.2) is 0 Å². The smallest absolute Gasteiger partial charge is 0.243 e. The zero-order valence-corrected chi connectivity index (χ0v) is 11.9. The Morgan fingerprint density at radius 1 is 1.22 bits per heavy atom. The maximum absolute atomic E-state index is 11.9. The first-order valence-electron chi connectivity index (χ1n) is 7.15. The Morgan fingerprint density at radius 3 is 2.50 bits per heavy atom. The average molecular weight is 254 g/mol. The molecule has 1 rings (SSSR count). The number of hydrogen-bond acceptors (Lipinski definition) is 2. The van der Waals surface area contributed by atoms with Crippen LogP contribution in [0, 0.1) is 5.92 Å². The van der Waals surface area contributed by atoms with Crippen molar-refractivity contribution in [3.8, 4) is 0 Å². The molecule has 0 radical (unpaired) electrons. The number of nitrogens with zero attached hydrogens (tertiary/aromatic N) is 1. The van der Waals surface area contributed by atoms with Crippen molar-refractivity contribution >= 4 is 11.8 Å². The standard InChI is InChI=1S/C14H26N2O2/c1-4-5-6-7-8-9-16-12(17)10-15-14(18)13(16)11(2)3/h11,13H,4-10H2,1-3H3,(H,15,18). The maximum Gasteiger partial charge on any atom is 0.243 e. The fourth-order valence-electron chi connectivity index (χ4n) is 2.48. The van der Waals surface area contributed by atoms with E-state index in [-0.39, 0.29) is 30.3 Å². The molecule has 0 aliphatic carbocycles. The van der Waals surface area contributed by atoms with Crippen LogP contribution in [0.1, 0.15) is 52.9 Å². The van der Waals surface area contributed by atoms with Gasteiger partial charge in [0.25, 0.3) is 0 Å². The third kappa shape index (κ3) is 4.00. The molecule has 1 aliphatic rings. The molecule has 2 amide bonds. The summed E-state index contributed by atoms with van der Waals surface area (Å²) in [6.07, 6.45) is 5.84. The number of hydrogen-bond donors (Lipinski definition) is 1. The molecule has 18 heavy (non-hydrogen) atoms. The number of carbonyl (C=O) groups is 2. The van der Waals surface area contributed by atoms with Crippen LogP contribution in [0.25, 0.3) is 0 Å². The summed E-state index contributed by atoms with van der Waals surface area (Å²) in [6, 6.07) is -0.280. The molecular weight excluding hydrogens is 228 g/mol. The van der Waals surface area contributed by atoms with E-state index in [4.69, 9.17) is 0 Å². The Balaban J connectivity index is 2.47. The molecule has 0 saturated carbocycles. The van der Waals surface area contributed by atoms with Crippen molar-refractivity contribution in [1.29, 1.82) is 0 Å². The molecule has 104 valence electrons. The van der Waals surface area contributed by atoms with Gasteiger partial charge >= 0.3 is 0 Å². The van der Waals surface area contributed by atoms with E-state index in [1.165, 1.54) is 19.3 Å². The minimum atomic E-state index is -0.280. The summed E-state index contributed by atoms with van der Waals surface area (Å²) in [5, 5.41) is 2.67. The van der Waals surface area contributed by atoms with Crippen molar-refractivity contribution in [1.82, 2.24) is 10.2 Å². The Bertz CT molecular complexity index is 290. The van der Waals surface area contributed by atoms with E-state index >= 15 is 0 Å². The van der Waals surface area contributed by atoms with E-state index in [1.807, 2.05) is 13.8 Å². The van der Waals surface area contributed by atoms with Gasteiger partial charge in [-0.3, -0.25) is 9.59 Å². The first kappa shape index (κ1) is 15.0. The highest BCUT2D eigenvalue weighted by molar-refractivity contribution is 5.94. The van der Waals surface area contributed by atoms with Crippen molar-refractivity contribution in [2.75, 3.05) is 13.1 Å². The van der Waals surface area contributed by atoms with E-state index in [9.17, 15) is 9.59 Å². The van der Waals surface area contributed by atoms with Crippen LogP contribution in [0.5, 0.6) is 0 Å². The number of carbonyl (C=O) groups excluding carboxylic acids is 2. The third-order valence-electron chi connectivity index (χ3n) is 3.47. The molecule has 4 heteroatoms. The number of nitrogens with one attached hydrogen (secondary N) is 1. The second-order valence-electron chi connectivity index (χ2n) is 5.41. The molecule has 0 bridgehead atoms. The van der Waals surface area contributed by atoms with Crippen molar-refractivity contribution in [3.05, 3.63) is 0 Å². The topological polar surface area (TPSA) is 49.4 Å². The summed E-state index contributed by atoms with van der Waals surface area (Å²) in [7, 11) is 0. The molecule has 1 atom stereocenters. The molecule has 4 nitrogen and oxygen atoms in total. The monoisotopic (exact) mass is 254 g/mol. The Kier molecular flexibility index (Phi) is 6.16. The van der Waals surface area contributed by atoms with Crippen molar-refractivity contribution < 1.29 is 9.59 Å². The lowest BCUT2D eigenvalue weighted by Gasteiger charge is -2.37. The molecule has 1 heterocycles. The minimum absolute atomic E-state index is 0.00171. The van der Waals surface area contributed by atoms with Crippen LogP contribution in [0.2, 0.25) is 0 Å². The largest absolute Gasteiger partial charge is 0.345 e. The van der Waals surface area contributed by atoms with E-state index < -0.39 is 0 Å². The number of unbranched alkanes of at least 4 members (excludes halogenated alkanes) is 4. The average Bonchev–Trinajstić information content (AvgIpc) is 2.32. The van der Waals surface area contributed by atoms with Gasteiger partial charge in [0.15, 0.2) is 0 Å². The van der Waals surface area contributed by atoms with Crippen molar-refractivity contribution in [2.24, 2.45) is 5.92 Å². The van der Waals surface area contributed by atoms with Gasteiger partial charge in [-0.2, -0.15) is 0 Å². The van der Waals surface area contributed by atoms with Crippen LogP contribution in [-0.2, 0) is 9.59 Å². The fourth-order valence-corrected chi connectivity index (χ4v) is 2.48. The van der Waals surface area contributed by atoms with Crippen LogP contribution in [0.3, 0.4) is 0 Å². The molecular formula is C14H26N2O2. The maximum atomic E-state index is 11.9. The summed E-state index contributed by atoms with van der Waals surface area (Å²) >= 11 is 0. The summed E-state index contributed by atoms with van der Waals surface area (Å²) in [6.45, 7) is 7.06. The molecule has 1 unspecified atom stereocenters. The van der Waals surface area contributed by atoms with Gasteiger partial charge in [0.2, 0.25) is 11.8 Å². The number of piperazine rings is 1. The van der Waals surface area contributed by atoms with E-state index in [0.29, 0.717) is 0 Å². The van der Waals surface area contributed by atoms with Gasteiger partial charge in [-0.05, 0) is 12.3 Å². The Labute approximate surface area is 110 Å². The van der Waals surface area contributed by atoms with Crippen LogP contribution < -0.4 is 5.32 Å². The van der Waals surface area contributed by atoms with E-state index in [0.717, 1.165) is 19.4 Å². The van der Waals surface area contributed by atoms with E-state index in [2.05, 4.69) is 12.2 Å². The van der Waals surface area contributed by atoms with E-state index in [1.54, 1.807) is 4.90 Å². The molecule has 1 saturated heterocycles. The highest BCUT2D eigenvalue weighted by atomic mass is 16.2. The molecule has 0 spiro atoms. The first-order valence-corrected chi connectivity index (χ1v) is 7.15. The number of amides is 2. The second kappa shape index (κ2) is 7.39. The zero-order valence-electron chi connectivity index (χ0n) is 11.9. The Morgan fingerprint density at radius 2 is 1.89 bits per heavy atom. The molecule has 1 N–H and O–H groups in total. The molecule has 0 aromatic rings. The summed E-state index contributed by atoms with van der Waals surface area (Å²) in [5.74, 6) is 0.229. The second-order valence-corrected chi connectivity index (χ2v) is 5.41. The third-order valence-corrected chi connectivity index (χ3v) is 3.47. The fraction of sp³-hybridized carbons (Fsp3) is 0.857. The van der Waals surface area contributed by atoms with Gasteiger partial charge in [0, 0.05) is 6.54 Å². The normalized spacial score (nSPS) is 20.4. The van der Waals surface area contributed by atoms with Gasteiger partial charge in [-0.25, -0.2) is 0 Å². The minimum Gasteiger partial charge on any atom is -0.345 e. The van der Waals surface area contributed by atoms with Gasteiger partial charge in [-0.1, -0.05) is 46.5 Å². The zero-order chi connectivity index (χ0) is 13.5. The van der Waals surface area contributed by atoms with Crippen LogP contribution in [0.4, 0.5) is 0 Å². The number of rotatable bonds is 7. The lowest BCUT2D eigenvalue weighted by atomic mass is 9.99. The predicted molar refractivity (Wildman–Crippen MR) is 72.1 cm³/mol. The molecule has 0 aromatic heterocycles. The molecule has 0 aromatic carbocycles. The predicted octanol–water partition coefficient (Wildman–Crippen LogP) is 1.94.